The van der Waals surface area contributed by atoms with Crippen molar-refractivity contribution in [3.63, 3.8) is 0 Å². The summed E-state index contributed by atoms with van der Waals surface area (Å²) in [6.45, 7) is 1.54. The van der Waals surface area contributed by atoms with Gasteiger partial charge in [0.15, 0.2) is 6.10 Å². The molecule has 2 aromatic carbocycles. The Labute approximate surface area is 151 Å². The molecule has 2 aromatic rings. The highest BCUT2D eigenvalue weighted by Gasteiger charge is 2.32. The fourth-order valence-corrected chi connectivity index (χ4v) is 4.14. The molecule has 1 N–H and O–H groups in total. The van der Waals surface area contributed by atoms with Crippen molar-refractivity contribution in [3.8, 4) is 5.75 Å². The van der Waals surface area contributed by atoms with E-state index in [1.165, 1.54) is 17.9 Å². The van der Waals surface area contributed by atoms with E-state index in [2.05, 4.69) is 4.72 Å². The first-order valence-electron chi connectivity index (χ1n) is 8.08. The Morgan fingerprint density at radius 1 is 1.23 bits per heavy atom. The molecule has 0 radical (unpaired) electrons. The Morgan fingerprint density at radius 2 is 1.96 bits per heavy atom. The van der Waals surface area contributed by atoms with Crippen LogP contribution >= 0.6 is 0 Å². The number of fused-ring (bicyclic) bond motifs is 1. The predicted octanol–water partition coefficient (Wildman–Crippen LogP) is 2.23. The van der Waals surface area contributed by atoms with Gasteiger partial charge in [-0.05, 0) is 42.8 Å². The van der Waals surface area contributed by atoms with Crippen LogP contribution < -0.4 is 14.4 Å². The molecular formula is C18H19FN2O4S. The second-order valence-electron chi connectivity index (χ2n) is 6.07. The molecule has 8 heteroatoms. The zero-order valence-electron chi connectivity index (χ0n) is 14.4. The first-order chi connectivity index (χ1) is 12.3. The zero-order chi connectivity index (χ0) is 18.9. The van der Waals surface area contributed by atoms with Crippen molar-refractivity contribution < 1.29 is 22.3 Å². The first kappa shape index (κ1) is 18.3. The number of para-hydroxylation sites is 2. The molecule has 3 rings (SSSR count). The molecule has 0 saturated carbocycles. The van der Waals surface area contributed by atoms with Crippen molar-refractivity contribution in [1.29, 1.82) is 0 Å². The Balaban J connectivity index is 1.67. The summed E-state index contributed by atoms with van der Waals surface area (Å²) in [7, 11) is -2.14. The molecule has 0 saturated heterocycles. The molecule has 0 aliphatic carbocycles. The number of aryl methyl sites for hydroxylation is 1. The molecule has 1 amide bonds. The number of halogens is 1. The number of benzene rings is 2. The van der Waals surface area contributed by atoms with Gasteiger partial charge >= 0.3 is 0 Å². The van der Waals surface area contributed by atoms with Gasteiger partial charge in [0.25, 0.3) is 5.91 Å². The molecule has 1 aliphatic rings. The second-order valence-corrected chi connectivity index (χ2v) is 7.80. The maximum Gasteiger partial charge on any atom is 0.267 e. The minimum atomic E-state index is -3.80. The van der Waals surface area contributed by atoms with Gasteiger partial charge in [-0.15, -0.1) is 0 Å². The number of amides is 1. The minimum Gasteiger partial charge on any atom is -0.478 e. The van der Waals surface area contributed by atoms with Gasteiger partial charge in [0, 0.05) is 20.0 Å². The average molecular weight is 378 g/mol. The maximum absolute atomic E-state index is 13.2. The number of ether oxygens (including phenoxy) is 1. The van der Waals surface area contributed by atoms with E-state index in [-0.39, 0.29) is 23.8 Å². The van der Waals surface area contributed by atoms with Crippen molar-refractivity contribution in [2.45, 2.75) is 24.3 Å². The molecule has 0 bridgehead atoms. The monoisotopic (exact) mass is 378 g/mol. The van der Waals surface area contributed by atoms with Crippen LogP contribution in [0.4, 0.5) is 10.1 Å². The quantitative estimate of drug-likeness (QED) is 0.866. The van der Waals surface area contributed by atoms with Crippen LogP contribution in [0, 0.1) is 12.7 Å². The number of nitrogens with zero attached hydrogens (tertiary/aromatic N) is 1. The number of nitrogens with one attached hydrogen (secondary N) is 1. The fourth-order valence-electron chi connectivity index (χ4n) is 2.87. The number of likely N-dealkylation sites (N-methyl/N-ethyl adjacent to an activating group) is 1. The molecule has 0 spiro atoms. The van der Waals surface area contributed by atoms with E-state index in [4.69, 9.17) is 4.74 Å². The molecule has 0 fully saturated rings. The molecule has 1 atom stereocenters. The van der Waals surface area contributed by atoms with E-state index < -0.39 is 21.9 Å². The Hall–Kier alpha value is -2.45. The number of hydrogen-bond acceptors (Lipinski definition) is 4. The van der Waals surface area contributed by atoms with Crippen molar-refractivity contribution in [1.82, 2.24) is 4.72 Å². The third kappa shape index (κ3) is 3.56. The lowest BCUT2D eigenvalue weighted by molar-refractivity contribution is -0.126. The van der Waals surface area contributed by atoms with E-state index in [1.54, 1.807) is 25.2 Å². The van der Waals surface area contributed by atoms with Crippen LogP contribution in [0.5, 0.6) is 5.75 Å². The summed E-state index contributed by atoms with van der Waals surface area (Å²) in [5.74, 6) is -0.151. The summed E-state index contributed by atoms with van der Waals surface area (Å²) in [6.07, 6.45) is -0.594. The van der Waals surface area contributed by atoms with Crippen molar-refractivity contribution >= 4 is 21.6 Å². The normalized spacial score (nSPS) is 17.0. The summed E-state index contributed by atoms with van der Waals surface area (Å²) in [5.41, 5.74) is 0.993. The zero-order valence-corrected chi connectivity index (χ0v) is 15.2. The maximum atomic E-state index is 13.2. The Kier molecular flexibility index (Phi) is 4.97. The summed E-state index contributed by atoms with van der Waals surface area (Å²) in [6, 6.07) is 10.6. The molecule has 26 heavy (non-hydrogen) atoms. The number of sulfonamides is 1. The van der Waals surface area contributed by atoms with Crippen molar-refractivity contribution in [2.75, 3.05) is 18.5 Å². The second kappa shape index (κ2) is 7.05. The van der Waals surface area contributed by atoms with Crippen LogP contribution in [0.1, 0.15) is 12.0 Å². The standard InChI is InChI=1S/C18H19FN2O4S/c1-12-11-13(19)7-8-17(12)26(23,24)20-10-9-16-18(22)21(2)14-5-3-4-6-15(14)25-16/h3-8,11,16,20H,9-10H2,1-2H3. The third-order valence-corrected chi connectivity index (χ3v) is 5.85. The molecule has 6 nitrogen and oxygen atoms in total. The molecular weight excluding hydrogens is 359 g/mol. The van der Waals surface area contributed by atoms with Crippen LogP contribution in [0.3, 0.4) is 0 Å². The lowest BCUT2D eigenvalue weighted by atomic mass is 10.1. The van der Waals surface area contributed by atoms with Gasteiger partial charge in [0.1, 0.15) is 11.6 Å². The predicted molar refractivity (Wildman–Crippen MR) is 95.2 cm³/mol. The first-order valence-corrected chi connectivity index (χ1v) is 9.57. The van der Waals surface area contributed by atoms with Gasteiger partial charge in [-0.2, -0.15) is 0 Å². The summed E-state index contributed by atoms with van der Waals surface area (Å²) in [4.78, 5) is 13.9. The Morgan fingerprint density at radius 3 is 2.69 bits per heavy atom. The highest BCUT2D eigenvalue weighted by atomic mass is 32.2. The van der Waals surface area contributed by atoms with E-state index in [0.717, 1.165) is 12.1 Å². The SMILES string of the molecule is Cc1cc(F)ccc1S(=O)(=O)NCCC1Oc2ccccc2N(C)C1=O. The number of carbonyl (C=O) groups excluding carboxylic acids is 1. The van der Waals surface area contributed by atoms with E-state index in [1.807, 2.05) is 6.07 Å². The van der Waals surface area contributed by atoms with Gasteiger partial charge < -0.3 is 9.64 Å². The fraction of sp³-hybridized carbons (Fsp3) is 0.278. The van der Waals surface area contributed by atoms with Crippen LogP contribution in [0.15, 0.2) is 47.4 Å². The largest absolute Gasteiger partial charge is 0.478 e. The highest BCUT2D eigenvalue weighted by molar-refractivity contribution is 7.89. The lowest BCUT2D eigenvalue weighted by Gasteiger charge is -2.31. The number of carbonyl (C=O) groups is 1. The van der Waals surface area contributed by atoms with Gasteiger partial charge in [-0.1, -0.05) is 12.1 Å². The van der Waals surface area contributed by atoms with E-state index in [9.17, 15) is 17.6 Å². The number of anilines is 1. The van der Waals surface area contributed by atoms with Crippen LogP contribution in [0.25, 0.3) is 0 Å². The molecule has 1 heterocycles. The van der Waals surface area contributed by atoms with E-state index >= 15 is 0 Å². The lowest BCUT2D eigenvalue weighted by Crippen LogP contribution is -2.45. The van der Waals surface area contributed by atoms with Gasteiger partial charge in [-0.25, -0.2) is 17.5 Å². The molecule has 1 unspecified atom stereocenters. The highest BCUT2D eigenvalue weighted by Crippen LogP contribution is 2.33. The smallest absolute Gasteiger partial charge is 0.267 e. The summed E-state index contributed by atoms with van der Waals surface area (Å²) >= 11 is 0. The van der Waals surface area contributed by atoms with Crippen LogP contribution in [-0.2, 0) is 14.8 Å². The van der Waals surface area contributed by atoms with Crippen molar-refractivity contribution in [2.24, 2.45) is 0 Å². The van der Waals surface area contributed by atoms with Crippen LogP contribution in [0.2, 0.25) is 0 Å². The average Bonchev–Trinajstić information content (AvgIpc) is 2.58. The summed E-state index contributed by atoms with van der Waals surface area (Å²) < 4.78 is 46.1. The van der Waals surface area contributed by atoms with Gasteiger partial charge in [-0.3, -0.25) is 4.79 Å². The van der Waals surface area contributed by atoms with Gasteiger partial charge in [0.2, 0.25) is 10.0 Å². The van der Waals surface area contributed by atoms with Crippen molar-refractivity contribution in [3.05, 3.63) is 53.8 Å². The van der Waals surface area contributed by atoms with Gasteiger partial charge in [0.05, 0.1) is 10.6 Å². The minimum absolute atomic E-state index is 0.0113. The van der Waals surface area contributed by atoms with E-state index in [0.29, 0.717) is 17.0 Å². The van der Waals surface area contributed by atoms with Crippen LogP contribution in [-0.4, -0.2) is 34.0 Å². The Bertz CT molecular complexity index is 946. The molecule has 1 aliphatic heterocycles. The number of hydrogen-bond donors (Lipinski definition) is 1. The molecule has 0 aromatic heterocycles. The summed E-state index contributed by atoms with van der Waals surface area (Å²) in [5, 5.41) is 0. The number of rotatable bonds is 5. The topological polar surface area (TPSA) is 75.7 Å². The third-order valence-electron chi connectivity index (χ3n) is 4.23. The molecule has 138 valence electrons.